The van der Waals surface area contributed by atoms with Crippen molar-refractivity contribution < 1.29 is 0 Å². The minimum Gasteiger partial charge on any atom is -0.330 e. The van der Waals surface area contributed by atoms with Gasteiger partial charge in [0.25, 0.3) is 0 Å². The average molecular weight is 1960 g/mol. The molecule has 21 heteroatoms. The molecule has 0 aliphatic rings. The predicted molar refractivity (Wildman–Crippen MR) is 614 cm³/mol. The average Bonchev–Trinajstić information content (AvgIpc) is 1.01. The van der Waals surface area contributed by atoms with E-state index in [9.17, 15) is 0 Å². The smallest absolute Gasteiger partial charge is 0.00313 e. The molecule has 0 heterocycles. The van der Waals surface area contributed by atoms with Crippen molar-refractivity contribution in [2.45, 2.75) is 367 Å². The Morgan fingerprint density at radius 2 is 0.273 bits per heavy atom. The number of nitrogens with two attached hydrogens (primary N) is 2. The molecule has 0 aromatic rings. The Balaban J connectivity index is -0.000000163. The van der Waals surface area contributed by atoms with Crippen molar-refractivity contribution in [2.75, 3.05) is 368 Å². The molecule has 0 amide bonds. The Morgan fingerprint density at radius 3 is 0.394 bits per heavy atom. The standard InChI is InChI=1S/C23H53N5.C19H43N3.C13H31N3.C13H30N2.C12H29N3.C9H21N.C8H19N.C7H18N2.C5H11Br.C2H6/c1-7-25(3)17-10-11-19-27(5)21-14-15-23-28(6)22-13-12-20-26(4)18-9-8-16-24-2;1-6-8-9-10-16-21(4)18-13-14-19-22(5)17-12-11-15-20(3)7-2;1-5-15(3)11-8-9-13-16(4)12-7-6-10-14-2;1-5-7-8-12-15(4)13-10-9-11-14(3)6-2;1-4-14(2)10-7-8-12-15(3)11-6-5-9-13;1-4-6-7-8-9-10(3)5-2;1-4-6-7-8-9(3)5-2;1-3-9(2)7-5-4-6-8;1-2-3-4-5-6;1-2/h24H,7-23H2,1-6H3;6-19H2,1-5H3;14H,5-13H2,1-4H3;5-13H2,1-4H3;4-13H2,1-3H3;4-9H2,1-3H3;4-8H2,1-3H3;3-8H2,1-2H3;2-5H2,1H3;1-2H3. The number of nitrogens with one attached hydrogen (secondary N) is 2. The lowest BCUT2D eigenvalue weighted by molar-refractivity contribution is 0.271. The lowest BCUT2D eigenvalue weighted by atomic mass is 10.2. The summed E-state index contributed by atoms with van der Waals surface area (Å²) in [5.41, 5.74) is 10.8. The van der Waals surface area contributed by atoms with E-state index in [2.05, 4.69) is 308 Å². The molecule has 0 radical (unpaired) electrons. The van der Waals surface area contributed by atoms with Crippen molar-refractivity contribution in [3.8, 4) is 0 Å². The van der Waals surface area contributed by atoms with Gasteiger partial charge in [-0.1, -0.05) is 197 Å². The second kappa shape index (κ2) is 135. The summed E-state index contributed by atoms with van der Waals surface area (Å²) in [7, 11) is 39.6. The van der Waals surface area contributed by atoms with E-state index in [1.54, 1.807) is 0 Å². The summed E-state index contributed by atoms with van der Waals surface area (Å²) in [6.45, 7) is 76.1. The number of unbranched alkanes of at least 4 members (excludes halogenated alkanes) is 24. The lowest BCUT2D eigenvalue weighted by Crippen LogP contribution is -2.26. The molecule has 132 heavy (non-hydrogen) atoms. The molecule has 0 spiro atoms. The Bertz CT molecular complexity index is 1830. The highest BCUT2D eigenvalue weighted by atomic mass is 79.9. The minimum atomic E-state index is 0.829. The van der Waals surface area contributed by atoms with E-state index in [0.29, 0.717) is 0 Å². The molecule has 812 valence electrons. The van der Waals surface area contributed by atoms with Crippen LogP contribution in [0.4, 0.5) is 0 Å². The molecule has 0 aliphatic heterocycles. The number of nitrogens with zero attached hydrogens (tertiary/aromatic N) is 16. The van der Waals surface area contributed by atoms with Crippen molar-refractivity contribution in [3.63, 3.8) is 0 Å². The number of halogens is 1. The maximum Gasteiger partial charge on any atom is 0.00313 e. The molecule has 0 fully saturated rings. The van der Waals surface area contributed by atoms with Crippen molar-refractivity contribution in [1.29, 1.82) is 0 Å². The fourth-order valence-electron chi connectivity index (χ4n) is 13.9. The summed E-state index contributed by atoms with van der Waals surface area (Å²) in [5, 5.41) is 7.58. The highest BCUT2D eigenvalue weighted by molar-refractivity contribution is 9.09. The van der Waals surface area contributed by atoms with Gasteiger partial charge in [0.15, 0.2) is 0 Å². The summed E-state index contributed by atoms with van der Waals surface area (Å²) >= 11 is 3.35. The predicted octanol–water partition coefficient (Wildman–Crippen LogP) is 21.8. The number of hydrogen-bond donors (Lipinski definition) is 4. The van der Waals surface area contributed by atoms with E-state index in [-0.39, 0.29) is 0 Å². The molecular formula is C111H261BrN20. The molecule has 0 unspecified atom stereocenters. The topological polar surface area (TPSA) is 128 Å². The fraction of sp³-hybridized carbons (Fsp3) is 1.00. The number of rotatable bonds is 87. The zero-order chi connectivity index (χ0) is 102. The van der Waals surface area contributed by atoms with Gasteiger partial charge in [0.1, 0.15) is 0 Å². The third kappa shape index (κ3) is 152. The van der Waals surface area contributed by atoms with E-state index in [1.165, 1.54) is 446 Å². The molecule has 6 N–H and O–H groups in total. The van der Waals surface area contributed by atoms with Gasteiger partial charge >= 0.3 is 0 Å². The van der Waals surface area contributed by atoms with Crippen LogP contribution in [0.3, 0.4) is 0 Å². The van der Waals surface area contributed by atoms with E-state index < -0.39 is 0 Å². The van der Waals surface area contributed by atoms with Crippen molar-refractivity contribution >= 4 is 15.9 Å². The summed E-state index contributed by atoms with van der Waals surface area (Å²) < 4.78 is 0. The molecule has 0 atom stereocenters. The minimum absolute atomic E-state index is 0.829. The molecule has 0 rings (SSSR count). The van der Waals surface area contributed by atoms with Gasteiger partial charge in [0, 0.05) is 5.33 Å². The van der Waals surface area contributed by atoms with Gasteiger partial charge in [0.2, 0.25) is 0 Å². The monoisotopic (exact) mass is 1950 g/mol. The first-order valence-electron chi connectivity index (χ1n) is 56.8. The van der Waals surface area contributed by atoms with E-state index in [4.69, 9.17) is 11.5 Å². The van der Waals surface area contributed by atoms with Crippen LogP contribution in [0.25, 0.3) is 0 Å². The third-order valence-corrected chi connectivity index (χ3v) is 25.7. The number of hydrogen-bond acceptors (Lipinski definition) is 20. The van der Waals surface area contributed by atoms with E-state index >= 15 is 0 Å². The van der Waals surface area contributed by atoms with Crippen LogP contribution in [-0.4, -0.2) is 446 Å². The highest BCUT2D eigenvalue weighted by Gasteiger charge is 2.09. The molecule has 20 nitrogen and oxygen atoms in total. The van der Waals surface area contributed by atoms with Crippen LogP contribution < -0.4 is 22.1 Å². The first kappa shape index (κ1) is 152. The van der Waals surface area contributed by atoms with E-state index in [1.807, 2.05) is 27.9 Å². The summed E-state index contributed by atoms with van der Waals surface area (Å²) in [4.78, 5) is 38.9. The van der Waals surface area contributed by atoms with Crippen LogP contribution in [0.5, 0.6) is 0 Å². The van der Waals surface area contributed by atoms with Crippen LogP contribution in [0.2, 0.25) is 0 Å². The normalized spacial score (nSPS) is 11.4. The van der Waals surface area contributed by atoms with Crippen LogP contribution in [0, 0.1) is 0 Å². The molecule has 0 aromatic carbocycles. The Hall–Kier alpha value is -0.320. The van der Waals surface area contributed by atoms with Crippen LogP contribution in [0.15, 0.2) is 0 Å². The number of alkyl halides is 1. The molecular weight excluding hydrogens is 1690 g/mol. The Kier molecular flexibility index (Phi) is 155. The molecule has 0 saturated heterocycles. The highest BCUT2D eigenvalue weighted by Crippen LogP contribution is 2.09. The van der Waals surface area contributed by atoms with E-state index in [0.717, 1.165) is 58.7 Å². The van der Waals surface area contributed by atoms with Gasteiger partial charge in [-0.15, -0.1) is 0 Å². The zero-order valence-corrected chi connectivity index (χ0v) is 99.4. The summed E-state index contributed by atoms with van der Waals surface area (Å²) in [5.74, 6) is 0. The molecule has 0 bridgehead atoms. The molecule has 0 aliphatic carbocycles. The largest absolute Gasteiger partial charge is 0.330 e. The fourth-order valence-corrected chi connectivity index (χ4v) is 14.3. The zero-order valence-electron chi connectivity index (χ0n) is 97.8. The third-order valence-electron chi connectivity index (χ3n) is 25.2. The van der Waals surface area contributed by atoms with Crippen molar-refractivity contribution in [2.24, 2.45) is 11.5 Å². The van der Waals surface area contributed by atoms with Gasteiger partial charge in [-0.05, 0) is 549 Å². The van der Waals surface area contributed by atoms with Gasteiger partial charge < -0.3 is 100 Å². The molecule has 0 saturated carbocycles. The van der Waals surface area contributed by atoms with Crippen LogP contribution in [-0.2, 0) is 0 Å². The second-order valence-corrected chi connectivity index (χ2v) is 39.6. The van der Waals surface area contributed by atoms with Gasteiger partial charge in [0.05, 0.1) is 0 Å². The van der Waals surface area contributed by atoms with Crippen LogP contribution in [0.1, 0.15) is 367 Å². The first-order chi connectivity index (χ1) is 63.5. The SMILES string of the molecule is CC.CCCCCBr.CCCCCCN(C)CC.CCCCCCN(C)CCCCN(C)CCCCN(C)CC.CCCCCN(C)CC.CCCCCN(C)CCCCN(C)CC.CCN(C)CCCCN.CCN(C)CCCCN(C)CCCCN.CCN(C)CCCCN(C)CCCCN(C)CCCCN(C)CCCCNC.CCN(C)CCCCN(C)CCCCNC. The summed E-state index contributed by atoms with van der Waals surface area (Å²) in [6.07, 6.45) is 54.4. The van der Waals surface area contributed by atoms with Gasteiger partial charge in [-0.3, -0.25) is 0 Å². The van der Waals surface area contributed by atoms with Crippen molar-refractivity contribution in [3.05, 3.63) is 0 Å². The van der Waals surface area contributed by atoms with Crippen LogP contribution >= 0.6 is 15.9 Å². The quantitative estimate of drug-likeness (QED) is 0.0340. The first-order valence-corrected chi connectivity index (χ1v) is 57.9. The van der Waals surface area contributed by atoms with Gasteiger partial charge in [-0.25, -0.2) is 0 Å². The molecule has 0 aromatic heterocycles. The maximum absolute atomic E-state index is 5.46. The lowest BCUT2D eigenvalue weighted by Gasteiger charge is -2.20. The summed E-state index contributed by atoms with van der Waals surface area (Å²) in [6, 6.07) is 0. The Morgan fingerprint density at radius 1 is 0.159 bits per heavy atom. The van der Waals surface area contributed by atoms with Crippen molar-refractivity contribution in [1.82, 2.24) is 89.0 Å². The second-order valence-electron chi connectivity index (χ2n) is 38.8. The van der Waals surface area contributed by atoms with Gasteiger partial charge in [-0.2, -0.15) is 0 Å². The Labute approximate surface area is 846 Å². The maximum atomic E-state index is 5.46.